The lowest BCUT2D eigenvalue weighted by Gasteiger charge is -2.09. The average molecular weight is 340 g/mol. The van der Waals surface area contributed by atoms with E-state index in [2.05, 4.69) is 15.3 Å². The maximum absolute atomic E-state index is 14.2. The molecule has 0 spiro atoms. The fourth-order valence-corrected chi connectivity index (χ4v) is 2.06. The van der Waals surface area contributed by atoms with Gasteiger partial charge in [-0.2, -0.15) is 0 Å². The molecule has 0 saturated heterocycles. The normalized spacial score (nSPS) is 10.3. The minimum absolute atomic E-state index is 0.0308. The molecule has 8 heteroatoms. The number of nitrogens with one attached hydrogen (secondary N) is 2. The van der Waals surface area contributed by atoms with Gasteiger partial charge >= 0.3 is 0 Å². The first-order valence-corrected chi connectivity index (χ1v) is 7.21. The standard InChI is InChI=1S/C17H13FN4O3/c18-12-8-10(21-17(24)13-2-1-3-16(23)22-13)4-5-14(12)25-11-6-7-20-15(19)9-11/h1-9H,(H2,19,20)(H,21,24)(H,22,23). The molecule has 1 amide bonds. The van der Waals surface area contributed by atoms with Crippen molar-refractivity contribution >= 4 is 17.4 Å². The molecule has 0 radical (unpaired) electrons. The Kier molecular flexibility index (Phi) is 4.42. The zero-order valence-corrected chi connectivity index (χ0v) is 12.8. The van der Waals surface area contributed by atoms with Crippen LogP contribution in [0.4, 0.5) is 15.9 Å². The van der Waals surface area contributed by atoms with E-state index in [1.54, 1.807) is 0 Å². The van der Waals surface area contributed by atoms with Gasteiger partial charge in [-0.25, -0.2) is 9.37 Å². The number of nitrogens with zero attached hydrogens (tertiary/aromatic N) is 1. The number of pyridine rings is 2. The number of H-pyrrole nitrogens is 1. The highest BCUT2D eigenvalue weighted by atomic mass is 19.1. The van der Waals surface area contributed by atoms with E-state index in [1.807, 2.05) is 0 Å². The Morgan fingerprint density at radius 2 is 2.04 bits per heavy atom. The SMILES string of the molecule is Nc1cc(Oc2ccc(NC(=O)c3cccc(=O)[nH]3)cc2F)ccn1. The van der Waals surface area contributed by atoms with E-state index in [9.17, 15) is 14.0 Å². The number of benzene rings is 1. The number of hydrogen-bond donors (Lipinski definition) is 3. The summed E-state index contributed by atoms with van der Waals surface area (Å²) in [6.07, 6.45) is 1.44. The van der Waals surface area contributed by atoms with Crippen LogP contribution in [0.2, 0.25) is 0 Å². The number of anilines is 2. The van der Waals surface area contributed by atoms with Gasteiger partial charge < -0.3 is 20.8 Å². The summed E-state index contributed by atoms with van der Waals surface area (Å²) in [7, 11) is 0. The number of hydrogen-bond acceptors (Lipinski definition) is 5. The average Bonchev–Trinajstić information content (AvgIpc) is 2.57. The van der Waals surface area contributed by atoms with Crippen molar-refractivity contribution in [1.82, 2.24) is 9.97 Å². The number of amides is 1. The van der Waals surface area contributed by atoms with Crippen molar-refractivity contribution in [1.29, 1.82) is 0 Å². The molecule has 0 aliphatic rings. The predicted octanol–water partition coefficient (Wildman–Crippen LogP) is 2.54. The molecule has 3 rings (SSSR count). The molecular weight excluding hydrogens is 327 g/mol. The largest absolute Gasteiger partial charge is 0.454 e. The Balaban J connectivity index is 1.75. The van der Waals surface area contributed by atoms with Gasteiger partial charge in [0.2, 0.25) is 5.56 Å². The lowest BCUT2D eigenvalue weighted by Crippen LogP contribution is -2.17. The Hall–Kier alpha value is -3.68. The van der Waals surface area contributed by atoms with Crippen LogP contribution in [0.25, 0.3) is 0 Å². The summed E-state index contributed by atoms with van der Waals surface area (Å²) in [4.78, 5) is 29.5. The topological polar surface area (TPSA) is 110 Å². The Labute approximate surface area is 141 Å². The summed E-state index contributed by atoms with van der Waals surface area (Å²) in [5.41, 5.74) is 5.42. The van der Waals surface area contributed by atoms with Crippen LogP contribution in [0.5, 0.6) is 11.5 Å². The van der Waals surface area contributed by atoms with Gasteiger partial charge in [0.05, 0.1) is 0 Å². The zero-order valence-electron chi connectivity index (χ0n) is 12.8. The molecule has 0 aliphatic carbocycles. The molecule has 1 aromatic carbocycles. The molecule has 25 heavy (non-hydrogen) atoms. The number of carbonyl (C=O) groups excluding carboxylic acids is 1. The van der Waals surface area contributed by atoms with E-state index >= 15 is 0 Å². The first-order chi connectivity index (χ1) is 12.0. The van der Waals surface area contributed by atoms with Gasteiger partial charge in [0.1, 0.15) is 17.3 Å². The summed E-state index contributed by atoms with van der Waals surface area (Å²) < 4.78 is 19.6. The number of carbonyl (C=O) groups is 1. The van der Waals surface area contributed by atoms with Crippen molar-refractivity contribution in [2.24, 2.45) is 0 Å². The number of aromatic amines is 1. The number of nitrogen functional groups attached to an aromatic ring is 1. The van der Waals surface area contributed by atoms with E-state index in [0.29, 0.717) is 5.75 Å². The van der Waals surface area contributed by atoms with E-state index in [1.165, 1.54) is 48.7 Å². The first kappa shape index (κ1) is 16.2. The fraction of sp³-hybridized carbons (Fsp3) is 0. The molecule has 0 fully saturated rings. The van der Waals surface area contributed by atoms with Crippen molar-refractivity contribution in [3.63, 3.8) is 0 Å². The van der Waals surface area contributed by atoms with Crippen molar-refractivity contribution in [3.05, 3.63) is 76.6 Å². The lowest BCUT2D eigenvalue weighted by molar-refractivity contribution is 0.102. The number of aromatic nitrogens is 2. The van der Waals surface area contributed by atoms with Gasteiger partial charge in [0, 0.05) is 30.1 Å². The van der Waals surface area contributed by atoms with Crippen LogP contribution in [-0.2, 0) is 0 Å². The van der Waals surface area contributed by atoms with Crippen molar-refractivity contribution in [2.45, 2.75) is 0 Å². The van der Waals surface area contributed by atoms with Gasteiger partial charge in [-0.1, -0.05) is 6.07 Å². The van der Waals surface area contributed by atoms with Crippen LogP contribution in [-0.4, -0.2) is 15.9 Å². The van der Waals surface area contributed by atoms with Crippen LogP contribution in [0.1, 0.15) is 10.5 Å². The predicted molar refractivity (Wildman–Crippen MR) is 90.1 cm³/mol. The van der Waals surface area contributed by atoms with Gasteiger partial charge in [-0.05, 0) is 24.3 Å². The third-order valence-electron chi connectivity index (χ3n) is 3.18. The molecule has 0 atom stereocenters. The van der Waals surface area contributed by atoms with Crippen LogP contribution < -0.4 is 21.3 Å². The highest BCUT2D eigenvalue weighted by molar-refractivity contribution is 6.02. The second-order valence-corrected chi connectivity index (χ2v) is 5.05. The molecule has 0 aliphatic heterocycles. The Morgan fingerprint density at radius 3 is 2.76 bits per heavy atom. The lowest BCUT2D eigenvalue weighted by atomic mass is 10.2. The second-order valence-electron chi connectivity index (χ2n) is 5.05. The zero-order chi connectivity index (χ0) is 17.8. The summed E-state index contributed by atoms with van der Waals surface area (Å²) in [5.74, 6) is -0.678. The Bertz CT molecular complexity index is 987. The minimum Gasteiger partial charge on any atom is -0.454 e. The molecular formula is C17H13FN4O3. The van der Waals surface area contributed by atoms with Crippen molar-refractivity contribution < 1.29 is 13.9 Å². The quantitative estimate of drug-likeness (QED) is 0.676. The van der Waals surface area contributed by atoms with Gasteiger partial charge in [-0.3, -0.25) is 9.59 Å². The smallest absolute Gasteiger partial charge is 0.272 e. The molecule has 0 unspecified atom stereocenters. The minimum atomic E-state index is -0.672. The molecule has 0 bridgehead atoms. The number of nitrogens with two attached hydrogens (primary N) is 1. The third-order valence-corrected chi connectivity index (χ3v) is 3.18. The highest BCUT2D eigenvalue weighted by Crippen LogP contribution is 2.27. The van der Waals surface area contributed by atoms with Crippen molar-refractivity contribution in [2.75, 3.05) is 11.1 Å². The summed E-state index contributed by atoms with van der Waals surface area (Å²) in [5, 5.41) is 2.49. The van der Waals surface area contributed by atoms with Crippen molar-refractivity contribution in [3.8, 4) is 11.5 Å². The summed E-state index contributed by atoms with van der Waals surface area (Å²) in [6, 6.07) is 11.1. The van der Waals surface area contributed by atoms with Crippen LogP contribution in [0.15, 0.2) is 59.5 Å². The van der Waals surface area contributed by atoms with Gasteiger partial charge in [0.25, 0.3) is 5.91 Å². The molecule has 0 saturated carbocycles. The van der Waals surface area contributed by atoms with Gasteiger partial charge in [-0.15, -0.1) is 0 Å². The highest BCUT2D eigenvalue weighted by Gasteiger charge is 2.10. The van der Waals surface area contributed by atoms with E-state index in [0.717, 1.165) is 6.07 Å². The second kappa shape index (κ2) is 6.83. The van der Waals surface area contributed by atoms with Crippen LogP contribution >= 0.6 is 0 Å². The Morgan fingerprint density at radius 1 is 1.20 bits per heavy atom. The van der Waals surface area contributed by atoms with Crippen LogP contribution in [0, 0.1) is 5.82 Å². The van der Waals surface area contributed by atoms with E-state index < -0.39 is 17.3 Å². The summed E-state index contributed by atoms with van der Waals surface area (Å²) >= 11 is 0. The maximum atomic E-state index is 14.2. The number of halogens is 1. The third kappa shape index (κ3) is 3.99. The van der Waals surface area contributed by atoms with Gasteiger partial charge in [0.15, 0.2) is 11.6 Å². The number of rotatable bonds is 4. The molecule has 7 nitrogen and oxygen atoms in total. The first-order valence-electron chi connectivity index (χ1n) is 7.21. The molecule has 2 aromatic heterocycles. The molecule has 3 aromatic rings. The molecule has 2 heterocycles. The molecule has 4 N–H and O–H groups in total. The monoisotopic (exact) mass is 340 g/mol. The van der Waals surface area contributed by atoms with Crippen LogP contribution in [0.3, 0.4) is 0 Å². The summed E-state index contributed by atoms with van der Waals surface area (Å²) in [6.45, 7) is 0. The number of ether oxygens (including phenoxy) is 1. The fourth-order valence-electron chi connectivity index (χ4n) is 2.06. The molecule has 126 valence electrons. The maximum Gasteiger partial charge on any atom is 0.272 e. The van der Waals surface area contributed by atoms with E-state index in [4.69, 9.17) is 10.5 Å². The van der Waals surface area contributed by atoms with E-state index in [-0.39, 0.29) is 22.9 Å².